The first-order valence-electron chi connectivity index (χ1n) is 6.50. The summed E-state index contributed by atoms with van der Waals surface area (Å²) in [6.45, 7) is 6.87. The van der Waals surface area contributed by atoms with Crippen LogP contribution in [0.15, 0.2) is 17.5 Å². The van der Waals surface area contributed by atoms with E-state index in [-0.39, 0.29) is 6.09 Å². The smallest absolute Gasteiger partial charge is 0.410 e. The van der Waals surface area contributed by atoms with Crippen LogP contribution in [-0.2, 0) is 11.3 Å². The van der Waals surface area contributed by atoms with E-state index < -0.39 is 11.1 Å². The van der Waals surface area contributed by atoms with E-state index >= 15 is 0 Å². The highest BCUT2D eigenvalue weighted by Crippen LogP contribution is 2.24. The van der Waals surface area contributed by atoms with Crippen molar-refractivity contribution in [1.82, 2.24) is 10.2 Å². The Bertz CT molecular complexity index is 508. The average Bonchev–Trinajstić information content (AvgIpc) is 2.78. The maximum atomic E-state index is 11.8. The molecule has 0 bridgehead atoms. The van der Waals surface area contributed by atoms with Gasteiger partial charge < -0.3 is 9.64 Å². The molecule has 1 aliphatic heterocycles. The fourth-order valence-electron chi connectivity index (χ4n) is 1.95. The molecule has 1 N–H and O–H groups in total. The second kappa shape index (κ2) is 5.43. The normalized spacial score (nSPS) is 17.2. The highest BCUT2D eigenvalue weighted by Gasteiger charge is 2.46. The maximum absolute atomic E-state index is 11.8. The van der Waals surface area contributed by atoms with E-state index in [0.29, 0.717) is 19.6 Å². The Morgan fingerprint density at radius 1 is 1.60 bits per heavy atom. The van der Waals surface area contributed by atoms with Gasteiger partial charge in [-0.05, 0) is 32.2 Å². The second-order valence-corrected chi connectivity index (χ2v) is 7.00. The molecular formula is C14H19N3O2S. The molecule has 0 spiro atoms. The molecular weight excluding hydrogens is 274 g/mol. The van der Waals surface area contributed by atoms with E-state index in [0.717, 1.165) is 0 Å². The van der Waals surface area contributed by atoms with Crippen molar-refractivity contribution < 1.29 is 9.53 Å². The third-order valence-electron chi connectivity index (χ3n) is 2.97. The number of likely N-dealkylation sites (tertiary alicyclic amines) is 1. The lowest BCUT2D eigenvalue weighted by Gasteiger charge is -2.45. The lowest BCUT2D eigenvalue weighted by Crippen LogP contribution is -2.69. The van der Waals surface area contributed by atoms with E-state index in [4.69, 9.17) is 4.74 Å². The summed E-state index contributed by atoms with van der Waals surface area (Å²) in [5.74, 6) is 0. The van der Waals surface area contributed by atoms with Crippen LogP contribution >= 0.6 is 11.3 Å². The van der Waals surface area contributed by atoms with Gasteiger partial charge in [0.25, 0.3) is 0 Å². The Morgan fingerprint density at radius 2 is 2.30 bits per heavy atom. The lowest BCUT2D eigenvalue weighted by atomic mass is 9.92. The molecule has 5 nitrogen and oxygen atoms in total. The first kappa shape index (κ1) is 14.8. The highest BCUT2D eigenvalue weighted by molar-refractivity contribution is 7.09. The number of carbonyl (C=O) groups is 1. The van der Waals surface area contributed by atoms with Gasteiger partial charge >= 0.3 is 6.09 Å². The maximum Gasteiger partial charge on any atom is 0.410 e. The molecule has 0 atom stereocenters. The summed E-state index contributed by atoms with van der Waals surface area (Å²) in [7, 11) is 0. The fraction of sp³-hybridized carbons (Fsp3) is 0.571. The molecule has 1 fully saturated rings. The minimum atomic E-state index is -0.652. The number of thiophene rings is 1. The topological polar surface area (TPSA) is 65.4 Å². The number of rotatable bonds is 3. The van der Waals surface area contributed by atoms with E-state index in [1.54, 1.807) is 16.2 Å². The zero-order valence-corrected chi connectivity index (χ0v) is 12.8. The molecule has 2 heterocycles. The first-order valence-corrected chi connectivity index (χ1v) is 7.38. The van der Waals surface area contributed by atoms with Gasteiger partial charge in [-0.15, -0.1) is 11.3 Å². The Balaban J connectivity index is 1.85. The minimum Gasteiger partial charge on any atom is -0.444 e. The van der Waals surface area contributed by atoms with Crippen molar-refractivity contribution in [3.05, 3.63) is 22.4 Å². The second-order valence-electron chi connectivity index (χ2n) is 5.96. The van der Waals surface area contributed by atoms with Crippen molar-refractivity contribution >= 4 is 17.4 Å². The van der Waals surface area contributed by atoms with Crippen molar-refractivity contribution in [2.75, 3.05) is 13.1 Å². The molecule has 2 rings (SSSR count). The molecule has 108 valence electrons. The molecule has 6 heteroatoms. The quantitative estimate of drug-likeness (QED) is 0.929. The van der Waals surface area contributed by atoms with Gasteiger partial charge in [0.15, 0.2) is 0 Å². The summed E-state index contributed by atoms with van der Waals surface area (Å²) in [5.41, 5.74) is -1.16. The molecule has 0 radical (unpaired) electrons. The van der Waals surface area contributed by atoms with Crippen molar-refractivity contribution in [1.29, 1.82) is 5.26 Å². The minimum absolute atomic E-state index is 0.360. The van der Waals surface area contributed by atoms with Crippen LogP contribution in [0.5, 0.6) is 0 Å². The van der Waals surface area contributed by atoms with Crippen LogP contribution in [0.4, 0.5) is 4.79 Å². The van der Waals surface area contributed by atoms with Gasteiger partial charge in [-0.2, -0.15) is 5.26 Å². The fourth-order valence-corrected chi connectivity index (χ4v) is 2.60. The summed E-state index contributed by atoms with van der Waals surface area (Å²) >= 11 is 1.65. The first-order chi connectivity index (χ1) is 9.34. The number of hydrogen-bond donors (Lipinski definition) is 1. The predicted octanol–water partition coefficient (Wildman–Crippen LogP) is 2.35. The van der Waals surface area contributed by atoms with Gasteiger partial charge in [-0.1, -0.05) is 6.07 Å². The highest BCUT2D eigenvalue weighted by atomic mass is 32.1. The van der Waals surface area contributed by atoms with Crippen molar-refractivity contribution in [2.24, 2.45) is 0 Å². The number of amides is 1. The van der Waals surface area contributed by atoms with Gasteiger partial charge in [0.2, 0.25) is 0 Å². The van der Waals surface area contributed by atoms with Crippen LogP contribution in [0.2, 0.25) is 0 Å². The molecule has 1 saturated heterocycles. The lowest BCUT2D eigenvalue weighted by molar-refractivity contribution is -0.00514. The number of ether oxygens (including phenoxy) is 1. The third kappa shape index (κ3) is 3.50. The molecule has 0 unspecified atom stereocenters. The number of carbonyl (C=O) groups excluding carboxylic acids is 1. The van der Waals surface area contributed by atoms with E-state index in [1.165, 1.54) is 4.88 Å². The molecule has 0 saturated carbocycles. The van der Waals surface area contributed by atoms with Crippen LogP contribution in [0, 0.1) is 11.3 Å². The van der Waals surface area contributed by atoms with E-state index in [9.17, 15) is 10.1 Å². The van der Waals surface area contributed by atoms with Crippen LogP contribution in [0.3, 0.4) is 0 Å². The van der Waals surface area contributed by atoms with E-state index in [1.807, 2.05) is 38.3 Å². The molecule has 1 aliphatic rings. The standard InChI is InChI=1S/C14H19N3O2S/c1-13(2,3)19-12(18)17-9-14(8-15,10-17)16-7-11-5-4-6-20-11/h4-6,16H,7,9-10H2,1-3H3. The number of nitriles is 1. The predicted molar refractivity (Wildman–Crippen MR) is 77.3 cm³/mol. The van der Waals surface area contributed by atoms with Crippen molar-refractivity contribution in [3.63, 3.8) is 0 Å². The number of nitrogens with zero attached hydrogens (tertiary/aromatic N) is 2. The molecule has 0 aliphatic carbocycles. The Kier molecular flexibility index (Phi) is 4.02. The molecule has 20 heavy (non-hydrogen) atoms. The van der Waals surface area contributed by atoms with Crippen LogP contribution in [0.25, 0.3) is 0 Å². The monoisotopic (exact) mass is 293 g/mol. The van der Waals surface area contributed by atoms with Crippen LogP contribution in [0.1, 0.15) is 25.6 Å². The number of nitrogens with one attached hydrogen (secondary N) is 1. The van der Waals surface area contributed by atoms with Gasteiger partial charge in [0.1, 0.15) is 11.1 Å². The number of hydrogen-bond acceptors (Lipinski definition) is 5. The summed E-state index contributed by atoms with van der Waals surface area (Å²) in [6.07, 6.45) is -0.360. The Labute approximate surface area is 123 Å². The zero-order chi connectivity index (χ0) is 14.8. The molecule has 1 aromatic rings. The van der Waals surface area contributed by atoms with Gasteiger partial charge in [-0.3, -0.25) is 5.32 Å². The molecule has 0 aromatic carbocycles. The van der Waals surface area contributed by atoms with Crippen LogP contribution < -0.4 is 5.32 Å². The van der Waals surface area contributed by atoms with Crippen molar-refractivity contribution in [3.8, 4) is 6.07 Å². The van der Waals surface area contributed by atoms with Gasteiger partial charge in [0, 0.05) is 11.4 Å². The third-order valence-corrected chi connectivity index (χ3v) is 3.84. The average molecular weight is 293 g/mol. The SMILES string of the molecule is CC(C)(C)OC(=O)N1CC(C#N)(NCc2cccs2)C1. The Hall–Kier alpha value is -1.58. The van der Waals surface area contributed by atoms with E-state index in [2.05, 4.69) is 11.4 Å². The molecule has 1 amide bonds. The molecule has 1 aromatic heterocycles. The summed E-state index contributed by atoms with van der Waals surface area (Å²) in [6, 6.07) is 6.27. The van der Waals surface area contributed by atoms with Gasteiger partial charge in [0.05, 0.1) is 19.2 Å². The van der Waals surface area contributed by atoms with Crippen molar-refractivity contribution in [2.45, 2.75) is 38.5 Å². The van der Waals surface area contributed by atoms with Crippen LogP contribution in [-0.4, -0.2) is 35.2 Å². The Morgan fingerprint density at radius 3 is 2.80 bits per heavy atom. The summed E-state index contributed by atoms with van der Waals surface area (Å²) in [4.78, 5) is 14.6. The van der Waals surface area contributed by atoms with Gasteiger partial charge in [-0.25, -0.2) is 4.79 Å². The summed E-state index contributed by atoms with van der Waals surface area (Å²) in [5, 5.41) is 14.5. The largest absolute Gasteiger partial charge is 0.444 e. The summed E-state index contributed by atoms with van der Waals surface area (Å²) < 4.78 is 5.28. The zero-order valence-electron chi connectivity index (χ0n) is 12.0.